The van der Waals surface area contributed by atoms with E-state index in [0.29, 0.717) is 0 Å². The highest BCUT2D eigenvalue weighted by molar-refractivity contribution is 6.27. The molecule has 0 aliphatic carbocycles. The van der Waals surface area contributed by atoms with Gasteiger partial charge in [-0.05, 0) is 38.1 Å². The van der Waals surface area contributed by atoms with Gasteiger partial charge in [0.2, 0.25) is 5.76 Å². The van der Waals surface area contributed by atoms with Crippen molar-refractivity contribution in [3.63, 3.8) is 0 Å². The fraction of sp³-hybridized carbons (Fsp3) is 0.462. The Labute approximate surface area is 120 Å². The summed E-state index contributed by atoms with van der Waals surface area (Å²) in [7, 11) is 0. The molecule has 0 spiro atoms. The van der Waals surface area contributed by atoms with Gasteiger partial charge in [-0.3, -0.25) is 4.90 Å². The van der Waals surface area contributed by atoms with Gasteiger partial charge in [0.1, 0.15) is 5.76 Å². The molecule has 2 rings (SSSR count). The van der Waals surface area contributed by atoms with Crippen molar-refractivity contribution in [1.29, 1.82) is 0 Å². The molecule has 1 aromatic heterocycles. The zero-order chi connectivity index (χ0) is 15.8. The van der Waals surface area contributed by atoms with Crippen LogP contribution in [0, 0.1) is 0 Å². The highest BCUT2D eigenvalue weighted by atomic mass is 16.4. The summed E-state index contributed by atoms with van der Waals surface area (Å²) in [6.07, 6.45) is 3.76. The van der Waals surface area contributed by atoms with Gasteiger partial charge in [-0.15, -0.1) is 0 Å². The SMILES string of the molecule is O=C(O)C(=O)O.O=C(O)c1ccc(CN2CCCCC2)o1. The van der Waals surface area contributed by atoms with Crippen LogP contribution >= 0.6 is 0 Å². The van der Waals surface area contributed by atoms with Crippen molar-refractivity contribution in [2.24, 2.45) is 0 Å². The monoisotopic (exact) mass is 299 g/mol. The molecule has 0 amide bonds. The number of carbonyl (C=O) groups is 3. The van der Waals surface area contributed by atoms with E-state index >= 15 is 0 Å². The molecule has 8 heteroatoms. The van der Waals surface area contributed by atoms with Crippen LogP contribution in [0.1, 0.15) is 35.6 Å². The van der Waals surface area contributed by atoms with E-state index in [4.69, 9.17) is 29.3 Å². The van der Waals surface area contributed by atoms with Crippen LogP contribution in [0.25, 0.3) is 0 Å². The first-order valence-corrected chi connectivity index (χ1v) is 6.40. The first kappa shape index (κ1) is 16.7. The Kier molecular flexibility index (Phi) is 6.41. The predicted octanol–water partition coefficient (Wildman–Crippen LogP) is 1.12. The lowest BCUT2D eigenvalue weighted by atomic mass is 10.1. The lowest BCUT2D eigenvalue weighted by Crippen LogP contribution is -2.28. The zero-order valence-electron chi connectivity index (χ0n) is 11.3. The number of nitrogens with zero attached hydrogens (tertiary/aromatic N) is 1. The third-order valence-corrected chi connectivity index (χ3v) is 2.88. The summed E-state index contributed by atoms with van der Waals surface area (Å²) in [5, 5.41) is 23.5. The molecule has 0 saturated carbocycles. The summed E-state index contributed by atoms with van der Waals surface area (Å²) in [5.74, 6) is -3.87. The molecule has 1 fully saturated rings. The Morgan fingerprint density at radius 1 is 1.00 bits per heavy atom. The van der Waals surface area contributed by atoms with Gasteiger partial charge in [0.05, 0.1) is 6.54 Å². The minimum Gasteiger partial charge on any atom is -0.475 e. The smallest absolute Gasteiger partial charge is 0.414 e. The van der Waals surface area contributed by atoms with Crippen LogP contribution in [-0.4, -0.2) is 51.2 Å². The fourth-order valence-corrected chi connectivity index (χ4v) is 1.92. The third-order valence-electron chi connectivity index (χ3n) is 2.88. The largest absolute Gasteiger partial charge is 0.475 e. The number of piperidine rings is 1. The van der Waals surface area contributed by atoms with E-state index in [1.54, 1.807) is 6.07 Å². The van der Waals surface area contributed by atoms with Crippen LogP contribution in [0.15, 0.2) is 16.5 Å². The zero-order valence-corrected chi connectivity index (χ0v) is 11.3. The summed E-state index contributed by atoms with van der Waals surface area (Å²) >= 11 is 0. The molecule has 1 aliphatic heterocycles. The molecule has 1 saturated heterocycles. The van der Waals surface area contributed by atoms with Crippen molar-refractivity contribution in [3.05, 3.63) is 23.7 Å². The highest BCUT2D eigenvalue weighted by Gasteiger charge is 2.14. The number of carboxylic acids is 3. The maximum absolute atomic E-state index is 10.6. The van der Waals surface area contributed by atoms with Crippen LogP contribution < -0.4 is 0 Å². The van der Waals surface area contributed by atoms with E-state index in [1.165, 1.54) is 25.3 Å². The molecule has 0 atom stereocenters. The van der Waals surface area contributed by atoms with E-state index in [-0.39, 0.29) is 5.76 Å². The first-order chi connectivity index (χ1) is 9.90. The van der Waals surface area contributed by atoms with Crippen LogP contribution in [-0.2, 0) is 16.1 Å². The molecule has 0 bridgehead atoms. The quantitative estimate of drug-likeness (QED) is 0.708. The second kappa shape index (κ2) is 8.05. The van der Waals surface area contributed by atoms with E-state index in [9.17, 15) is 4.79 Å². The van der Waals surface area contributed by atoms with Gasteiger partial charge in [0.15, 0.2) is 0 Å². The topological polar surface area (TPSA) is 128 Å². The number of aromatic carboxylic acids is 1. The number of hydrogen-bond donors (Lipinski definition) is 3. The molecule has 2 heterocycles. The Morgan fingerprint density at radius 2 is 1.57 bits per heavy atom. The lowest BCUT2D eigenvalue weighted by Gasteiger charge is -2.25. The number of rotatable bonds is 3. The van der Waals surface area contributed by atoms with Crippen molar-refractivity contribution in [1.82, 2.24) is 4.90 Å². The lowest BCUT2D eigenvalue weighted by molar-refractivity contribution is -0.159. The Morgan fingerprint density at radius 3 is 2.00 bits per heavy atom. The maximum atomic E-state index is 10.6. The summed E-state index contributed by atoms with van der Waals surface area (Å²) in [6, 6.07) is 3.26. The molecule has 8 nitrogen and oxygen atoms in total. The van der Waals surface area contributed by atoms with Crippen molar-refractivity contribution in [2.75, 3.05) is 13.1 Å². The molecule has 0 aromatic carbocycles. The van der Waals surface area contributed by atoms with Gasteiger partial charge in [-0.1, -0.05) is 6.42 Å². The normalized spacial score (nSPS) is 14.9. The summed E-state index contributed by atoms with van der Waals surface area (Å²) in [5.41, 5.74) is 0. The second-order valence-electron chi connectivity index (χ2n) is 4.52. The van der Waals surface area contributed by atoms with Gasteiger partial charge in [-0.25, -0.2) is 14.4 Å². The van der Waals surface area contributed by atoms with Crippen molar-refractivity contribution in [2.45, 2.75) is 25.8 Å². The van der Waals surface area contributed by atoms with Gasteiger partial charge < -0.3 is 19.7 Å². The van der Waals surface area contributed by atoms with Crippen molar-refractivity contribution >= 4 is 17.9 Å². The van der Waals surface area contributed by atoms with Crippen LogP contribution in [0.5, 0.6) is 0 Å². The number of furan rings is 1. The number of carboxylic acid groups (broad SMARTS) is 3. The van der Waals surface area contributed by atoms with Gasteiger partial charge in [0.25, 0.3) is 0 Å². The molecule has 1 aliphatic rings. The standard InChI is InChI=1S/C11H15NO3.C2H2O4/c13-11(14)10-5-4-9(15-10)8-12-6-2-1-3-7-12;3-1(4)2(5)6/h4-5H,1-3,6-8H2,(H,13,14);(H,3,4)(H,5,6). The molecule has 116 valence electrons. The van der Waals surface area contributed by atoms with Crippen LogP contribution in [0.4, 0.5) is 0 Å². The summed E-state index contributed by atoms with van der Waals surface area (Å²) in [6.45, 7) is 2.90. The Balaban J connectivity index is 0.000000315. The minimum atomic E-state index is -1.82. The third kappa shape index (κ3) is 6.09. The van der Waals surface area contributed by atoms with E-state index in [1.807, 2.05) is 0 Å². The number of aliphatic carboxylic acids is 2. The predicted molar refractivity (Wildman–Crippen MR) is 70.1 cm³/mol. The summed E-state index contributed by atoms with van der Waals surface area (Å²) < 4.78 is 5.21. The van der Waals surface area contributed by atoms with Gasteiger partial charge in [-0.2, -0.15) is 0 Å². The van der Waals surface area contributed by atoms with E-state index in [2.05, 4.69) is 4.90 Å². The molecular weight excluding hydrogens is 282 g/mol. The summed E-state index contributed by atoms with van der Waals surface area (Å²) in [4.78, 5) is 31.1. The minimum absolute atomic E-state index is 0.0296. The first-order valence-electron chi connectivity index (χ1n) is 6.40. The molecular formula is C13H17NO7. The molecule has 0 radical (unpaired) electrons. The van der Waals surface area contributed by atoms with Crippen LogP contribution in [0.2, 0.25) is 0 Å². The molecule has 21 heavy (non-hydrogen) atoms. The second-order valence-corrected chi connectivity index (χ2v) is 4.52. The number of likely N-dealkylation sites (tertiary alicyclic amines) is 1. The van der Waals surface area contributed by atoms with Crippen molar-refractivity contribution < 1.29 is 34.1 Å². The fourth-order valence-electron chi connectivity index (χ4n) is 1.92. The van der Waals surface area contributed by atoms with Gasteiger partial charge >= 0.3 is 17.9 Å². The molecule has 0 unspecified atom stereocenters. The maximum Gasteiger partial charge on any atom is 0.414 e. The average Bonchev–Trinajstić information content (AvgIpc) is 2.89. The average molecular weight is 299 g/mol. The van der Waals surface area contributed by atoms with E-state index < -0.39 is 17.9 Å². The Hall–Kier alpha value is -2.35. The Bertz CT molecular complexity index is 490. The van der Waals surface area contributed by atoms with E-state index in [0.717, 1.165) is 25.4 Å². The highest BCUT2D eigenvalue weighted by Crippen LogP contribution is 2.15. The molecule has 3 N–H and O–H groups in total. The van der Waals surface area contributed by atoms with Crippen molar-refractivity contribution in [3.8, 4) is 0 Å². The van der Waals surface area contributed by atoms with Crippen LogP contribution in [0.3, 0.4) is 0 Å². The molecule has 1 aromatic rings. The van der Waals surface area contributed by atoms with Gasteiger partial charge in [0, 0.05) is 0 Å². The number of hydrogen-bond acceptors (Lipinski definition) is 5.